The minimum Gasteiger partial charge on any atom is -0.338 e. The van der Waals surface area contributed by atoms with E-state index in [0.717, 1.165) is 16.9 Å². The monoisotopic (exact) mass is 356 g/mol. The lowest BCUT2D eigenvalue weighted by molar-refractivity contribution is 0.189. The number of rotatable bonds is 7. The van der Waals surface area contributed by atoms with Gasteiger partial charge in [0.05, 0.1) is 11.0 Å². The summed E-state index contributed by atoms with van der Waals surface area (Å²) in [6.07, 6.45) is 1.37. The molecule has 138 valence electrons. The summed E-state index contributed by atoms with van der Waals surface area (Å²) in [6, 6.07) is 7.85. The fourth-order valence-corrected chi connectivity index (χ4v) is 2.80. The van der Waals surface area contributed by atoms with Gasteiger partial charge in [-0.05, 0) is 19.1 Å². The van der Waals surface area contributed by atoms with Crippen molar-refractivity contribution in [3.63, 3.8) is 0 Å². The molecule has 0 bridgehead atoms. The van der Waals surface area contributed by atoms with Crippen molar-refractivity contribution in [3.8, 4) is 0 Å². The normalized spacial score (nSPS) is 11.0. The van der Waals surface area contributed by atoms with E-state index in [-0.39, 0.29) is 6.03 Å². The number of carbonyl (C=O) groups is 1. The summed E-state index contributed by atoms with van der Waals surface area (Å²) in [5.74, 6) is 2.05. The Morgan fingerprint density at radius 2 is 2.08 bits per heavy atom. The van der Waals surface area contributed by atoms with Crippen LogP contribution in [0.3, 0.4) is 0 Å². The summed E-state index contributed by atoms with van der Waals surface area (Å²) < 4.78 is 7.22. The van der Waals surface area contributed by atoms with Crippen LogP contribution < -0.4 is 5.32 Å². The predicted octanol–water partition coefficient (Wildman–Crippen LogP) is 2.29. The molecule has 0 unspecified atom stereocenters. The highest BCUT2D eigenvalue weighted by atomic mass is 16.5. The lowest BCUT2D eigenvalue weighted by Crippen LogP contribution is -2.40. The molecule has 0 aliphatic rings. The first-order valence-corrected chi connectivity index (χ1v) is 8.87. The molecular formula is C18H24N6O2. The summed E-state index contributed by atoms with van der Waals surface area (Å²) in [6.45, 7) is 5.25. The molecule has 3 rings (SSSR count). The number of carbonyl (C=O) groups excluding carboxylic acids is 1. The standard InChI is InChI=1S/C18H24N6O2/c1-4-15-21-17(26-22-15)12-24(5-2)18(25)19-11-10-16-20-13-8-6-7-9-14(13)23(16)3/h6-9H,4-5,10-12H2,1-3H3,(H,19,25). The third-order valence-corrected chi connectivity index (χ3v) is 4.33. The van der Waals surface area contributed by atoms with Gasteiger partial charge in [0.1, 0.15) is 12.4 Å². The highest BCUT2D eigenvalue weighted by Crippen LogP contribution is 2.14. The maximum atomic E-state index is 12.4. The summed E-state index contributed by atoms with van der Waals surface area (Å²) >= 11 is 0. The first-order valence-electron chi connectivity index (χ1n) is 8.87. The highest BCUT2D eigenvalue weighted by molar-refractivity contribution is 5.76. The van der Waals surface area contributed by atoms with E-state index in [0.29, 0.717) is 44.2 Å². The number of aromatic nitrogens is 4. The van der Waals surface area contributed by atoms with Crippen molar-refractivity contribution in [1.29, 1.82) is 0 Å². The molecule has 2 aromatic heterocycles. The predicted molar refractivity (Wildman–Crippen MR) is 97.6 cm³/mol. The molecule has 1 N–H and O–H groups in total. The molecule has 0 aliphatic heterocycles. The van der Waals surface area contributed by atoms with Crippen LogP contribution in [0.25, 0.3) is 11.0 Å². The van der Waals surface area contributed by atoms with Gasteiger partial charge in [-0.2, -0.15) is 4.98 Å². The van der Waals surface area contributed by atoms with Crippen molar-refractivity contribution in [1.82, 2.24) is 29.9 Å². The number of benzene rings is 1. The zero-order valence-corrected chi connectivity index (χ0v) is 15.4. The molecule has 3 aromatic rings. The first kappa shape index (κ1) is 17.9. The van der Waals surface area contributed by atoms with Crippen LogP contribution in [0.1, 0.15) is 31.4 Å². The molecule has 1 aromatic carbocycles. The van der Waals surface area contributed by atoms with Gasteiger partial charge in [-0.15, -0.1) is 0 Å². The van der Waals surface area contributed by atoms with Crippen molar-refractivity contribution >= 4 is 17.1 Å². The van der Waals surface area contributed by atoms with Crippen LogP contribution in [-0.4, -0.2) is 43.7 Å². The van der Waals surface area contributed by atoms with E-state index in [1.807, 2.05) is 45.2 Å². The quantitative estimate of drug-likeness (QED) is 0.702. The Morgan fingerprint density at radius 3 is 2.77 bits per heavy atom. The molecule has 0 radical (unpaired) electrons. The maximum Gasteiger partial charge on any atom is 0.317 e. The van der Waals surface area contributed by atoms with Gasteiger partial charge in [-0.3, -0.25) is 0 Å². The van der Waals surface area contributed by atoms with Crippen LogP contribution in [0.15, 0.2) is 28.8 Å². The highest BCUT2D eigenvalue weighted by Gasteiger charge is 2.16. The van der Waals surface area contributed by atoms with Crippen molar-refractivity contribution in [2.45, 2.75) is 33.2 Å². The molecule has 0 fully saturated rings. The second-order valence-corrected chi connectivity index (χ2v) is 6.03. The Morgan fingerprint density at radius 1 is 1.27 bits per heavy atom. The van der Waals surface area contributed by atoms with Gasteiger partial charge in [-0.1, -0.05) is 24.2 Å². The summed E-state index contributed by atoms with van der Waals surface area (Å²) in [7, 11) is 1.99. The number of urea groups is 1. The number of amides is 2. The molecule has 0 saturated carbocycles. The van der Waals surface area contributed by atoms with Crippen LogP contribution in [0.4, 0.5) is 4.79 Å². The van der Waals surface area contributed by atoms with Gasteiger partial charge < -0.3 is 19.3 Å². The van der Waals surface area contributed by atoms with Gasteiger partial charge in [0.2, 0.25) is 5.89 Å². The second kappa shape index (κ2) is 7.99. The van der Waals surface area contributed by atoms with Gasteiger partial charge in [0, 0.05) is 33.0 Å². The van der Waals surface area contributed by atoms with Gasteiger partial charge >= 0.3 is 6.03 Å². The molecule has 26 heavy (non-hydrogen) atoms. The van der Waals surface area contributed by atoms with Crippen molar-refractivity contribution in [2.24, 2.45) is 7.05 Å². The fourth-order valence-electron chi connectivity index (χ4n) is 2.80. The molecular weight excluding hydrogens is 332 g/mol. The fraction of sp³-hybridized carbons (Fsp3) is 0.444. The molecule has 0 atom stereocenters. The molecule has 0 aliphatic carbocycles. The van der Waals surface area contributed by atoms with Crippen molar-refractivity contribution < 1.29 is 9.32 Å². The van der Waals surface area contributed by atoms with Crippen LogP contribution in [0, 0.1) is 0 Å². The maximum absolute atomic E-state index is 12.4. The molecule has 2 amide bonds. The lowest BCUT2D eigenvalue weighted by atomic mass is 10.3. The van der Waals surface area contributed by atoms with E-state index >= 15 is 0 Å². The van der Waals surface area contributed by atoms with Crippen LogP contribution in [0.2, 0.25) is 0 Å². The van der Waals surface area contributed by atoms with Crippen LogP contribution in [-0.2, 0) is 26.4 Å². The third kappa shape index (κ3) is 3.84. The molecule has 2 heterocycles. The van der Waals surface area contributed by atoms with Gasteiger partial charge in [0.15, 0.2) is 5.82 Å². The van der Waals surface area contributed by atoms with Crippen molar-refractivity contribution in [3.05, 3.63) is 41.8 Å². The Hall–Kier alpha value is -2.90. The van der Waals surface area contributed by atoms with E-state index in [4.69, 9.17) is 4.52 Å². The average Bonchev–Trinajstić information content (AvgIpc) is 3.24. The number of para-hydroxylation sites is 2. The number of aryl methyl sites for hydroxylation is 2. The number of hydrogen-bond donors (Lipinski definition) is 1. The molecule has 0 saturated heterocycles. The zero-order chi connectivity index (χ0) is 18.5. The number of hydrogen-bond acceptors (Lipinski definition) is 5. The summed E-state index contributed by atoms with van der Waals surface area (Å²) in [4.78, 5) is 22.9. The minimum atomic E-state index is -0.150. The Bertz CT molecular complexity index is 885. The van der Waals surface area contributed by atoms with E-state index in [9.17, 15) is 4.79 Å². The Kier molecular flexibility index (Phi) is 5.50. The van der Waals surface area contributed by atoms with E-state index in [2.05, 4.69) is 25.0 Å². The number of imidazole rings is 1. The van der Waals surface area contributed by atoms with Crippen LogP contribution in [0.5, 0.6) is 0 Å². The summed E-state index contributed by atoms with van der Waals surface area (Å²) in [5.41, 5.74) is 2.06. The Balaban J connectivity index is 1.55. The van der Waals surface area contributed by atoms with E-state index in [1.54, 1.807) is 4.90 Å². The molecule has 8 nitrogen and oxygen atoms in total. The van der Waals surface area contributed by atoms with E-state index < -0.39 is 0 Å². The van der Waals surface area contributed by atoms with Gasteiger partial charge in [-0.25, -0.2) is 9.78 Å². The molecule has 0 spiro atoms. The number of fused-ring (bicyclic) bond motifs is 1. The lowest BCUT2D eigenvalue weighted by Gasteiger charge is -2.19. The third-order valence-electron chi connectivity index (χ3n) is 4.33. The minimum absolute atomic E-state index is 0.150. The Labute approximate surface area is 152 Å². The topological polar surface area (TPSA) is 89.1 Å². The zero-order valence-electron chi connectivity index (χ0n) is 15.4. The van der Waals surface area contributed by atoms with Gasteiger partial charge in [0.25, 0.3) is 0 Å². The van der Waals surface area contributed by atoms with E-state index in [1.165, 1.54) is 0 Å². The van der Waals surface area contributed by atoms with Crippen LogP contribution >= 0.6 is 0 Å². The number of nitrogens with zero attached hydrogens (tertiary/aromatic N) is 5. The van der Waals surface area contributed by atoms with Crippen molar-refractivity contribution in [2.75, 3.05) is 13.1 Å². The number of nitrogens with one attached hydrogen (secondary N) is 1. The summed E-state index contributed by atoms with van der Waals surface area (Å²) in [5, 5.41) is 6.80. The smallest absolute Gasteiger partial charge is 0.317 e. The molecule has 8 heteroatoms. The largest absolute Gasteiger partial charge is 0.338 e. The SMILES string of the molecule is CCc1noc(CN(CC)C(=O)NCCc2nc3ccccc3n2C)n1. The first-order chi connectivity index (χ1) is 12.6. The second-order valence-electron chi connectivity index (χ2n) is 6.03. The average molecular weight is 356 g/mol.